The number of aromatic nitrogens is 3. The Morgan fingerprint density at radius 3 is 2.76 bits per heavy atom. The molecule has 0 atom stereocenters. The third-order valence-electron chi connectivity index (χ3n) is 5.16. The maximum absolute atomic E-state index is 6.08. The van der Waals surface area contributed by atoms with Crippen molar-refractivity contribution in [3.63, 3.8) is 0 Å². The van der Waals surface area contributed by atoms with Gasteiger partial charge in [0.1, 0.15) is 17.0 Å². The van der Waals surface area contributed by atoms with Crippen LogP contribution in [0.2, 0.25) is 5.02 Å². The fraction of sp³-hybridized carbons (Fsp3) is 0.130. The number of aromatic amines is 1. The van der Waals surface area contributed by atoms with Crippen molar-refractivity contribution in [3.8, 4) is 11.1 Å². The summed E-state index contributed by atoms with van der Waals surface area (Å²) >= 11 is 7.78. The first-order valence-corrected chi connectivity index (χ1v) is 10.7. The summed E-state index contributed by atoms with van der Waals surface area (Å²) in [6.07, 6.45) is 4.64. The van der Waals surface area contributed by atoms with E-state index >= 15 is 0 Å². The Morgan fingerprint density at radius 2 is 1.90 bits per heavy atom. The molecule has 0 radical (unpaired) electrons. The summed E-state index contributed by atoms with van der Waals surface area (Å²) in [5.41, 5.74) is 4.78. The minimum atomic E-state index is 0.735. The summed E-state index contributed by atoms with van der Waals surface area (Å²) in [6.45, 7) is 2.93. The summed E-state index contributed by atoms with van der Waals surface area (Å²) in [4.78, 5) is 14.6. The minimum Gasteiger partial charge on any atom is -0.369 e. The van der Waals surface area contributed by atoms with Gasteiger partial charge in [-0.15, -0.1) is 11.3 Å². The first-order valence-electron chi connectivity index (χ1n) is 9.49. The molecule has 0 amide bonds. The van der Waals surface area contributed by atoms with Crippen molar-refractivity contribution in [1.29, 1.82) is 0 Å². The van der Waals surface area contributed by atoms with E-state index in [1.54, 1.807) is 17.7 Å². The van der Waals surface area contributed by atoms with E-state index in [0.29, 0.717) is 0 Å². The molecule has 5 aromatic rings. The van der Waals surface area contributed by atoms with Gasteiger partial charge in [-0.2, -0.15) is 0 Å². The third kappa shape index (κ3) is 3.37. The lowest BCUT2D eigenvalue weighted by Gasteiger charge is -2.09. The summed E-state index contributed by atoms with van der Waals surface area (Å²) in [5, 5.41) is 6.63. The maximum atomic E-state index is 6.08. The SMILES string of the molecule is Cc1sc2ncnc(NCCc3c[nH]c4ccccc34)c2c1-c1ccc(Cl)cc1. The zero-order valence-electron chi connectivity index (χ0n) is 15.9. The second-order valence-corrected chi connectivity index (χ2v) is 8.62. The second-order valence-electron chi connectivity index (χ2n) is 6.98. The number of hydrogen-bond donors (Lipinski definition) is 2. The van der Waals surface area contributed by atoms with Crippen LogP contribution in [0.4, 0.5) is 5.82 Å². The molecule has 2 aromatic carbocycles. The Hall–Kier alpha value is -2.89. The van der Waals surface area contributed by atoms with Gasteiger partial charge in [0.15, 0.2) is 0 Å². The van der Waals surface area contributed by atoms with Gasteiger partial charge in [-0.25, -0.2) is 9.97 Å². The van der Waals surface area contributed by atoms with E-state index in [2.05, 4.69) is 69.8 Å². The van der Waals surface area contributed by atoms with Crippen molar-refractivity contribution in [1.82, 2.24) is 15.0 Å². The van der Waals surface area contributed by atoms with Gasteiger partial charge in [-0.05, 0) is 42.7 Å². The van der Waals surface area contributed by atoms with Crippen LogP contribution < -0.4 is 5.32 Å². The van der Waals surface area contributed by atoms with Gasteiger partial charge in [-0.3, -0.25) is 0 Å². The molecule has 0 fully saturated rings. The van der Waals surface area contributed by atoms with E-state index in [1.165, 1.54) is 26.9 Å². The molecule has 29 heavy (non-hydrogen) atoms. The molecule has 3 aromatic heterocycles. The summed E-state index contributed by atoms with van der Waals surface area (Å²) in [7, 11) is 0. The number of anilines is 1. The molecule has 0 saturated carbocycles. The van der Waals surface area contributed by atoms with E-state index < -0.39 is 0 Å². The number of fused-ring (bicyclic) bond motifs is 2. The predicted octanol–water partition coefficient (Wildman–Crippen LogP) is 6.46. The lowest BCUT2D eigenvalue weighted by Crippen LogP contribution is -2.06. The number of thiophene rings is 1. The number of halogens is 1. The highest BCUT2D eigenvalue weighted by molar-refractivity contribution is 7.19. The first kappa shape index (κ1) is 18.2. The van der Waals surface area contributed by atoms with E-state index in [1.807, 2.05) is 12.1 Å². The number of aryl methyl sites for hydroxylation is 1. The monoisotopic (exact) mass is 418 g/mol. The molecule has 0 aliphatic heterocycles. The van der Waals surface area contributed by atoms with Crippen molar-refractivity contribution in [2.45, 2.75) is 13.3 Å². The molecule has 2 N–H and O–H groups in total. The number of hydrogen-bond acceptors (Lipinski definition) is 4. The molecule has 3 heterocycles. The number of nitrogens with zero attached hydrogens (tertiary/aromatic N) is 2. The highest BCUT2D eigenvalue weighted by Gasteiger charge is 2.16. The smallest absolute Gasteiger partial charge is 0.138 e. The Bertz CT molecular complexity index is 1300. The molecule has 5 rings (SSSR count). The largest absolute Gasteiger partial charge is 0.369 e. The number of para-hydroxylation sites is 1. The summed E-state index contributed by atoms with van der Waals surface area (Å²) in [5.74, 6) is 0.879. The minimum absolute atomic E-state index is 0.735. The molecule has 0 aliphatic rings. The lowest BCUT2D eigenvalue weighted by molar-refractivity contribution is 1.01. The number of nitrogens with one attached hydrogen (secondary N) is 2. The van der Waals surface area contributed by atoms with Crippen LogP contribution in [-0.2, 0) is 6.42 Å². The van der Waals surface area contributed by atoms with Crippen LogP contribution in [0.25, 0.3) is 32.2 Å². The van der Waals surface area contributed by atoms with Crippen molar-refractivity contribution in [2.75, 3.05) is 11.9 Å². The molecule has 0 spiro atoms. The van der Waals surface area contributed by atoms with E-state index in [4.69, 9.17) is 11.6 Å². The van der Waals surface area contributed by atoms with Crippen LogP contribution in [-0.4, -0.2) is 21.5 Å². The molecule has 6 heteroatoms. The summed E-state index contributed by atoms with van der Waals surface area (Å²) < 4.78 is 0. The highest BCUT2D eigenvalue weighted by atomic mass is 35.5. The number of benzene rings is 2. The lowest BCUT2D eigenvalue weighted by atomic mass is 10.0. The van der Waals surface area contributed by atoms with E-state index in [-0.39, 0.29) is 0 Å². The zero-order valence-corrected chi connectivity index (χ0v) is 17.4. The van der Waals surface area contributed by atoms with Gasteiger partial charge in [-0.1, -0.05) is 41.9 Å². The molecule has 0 unspecified atom stereocenters. The fourth-order valence-corrected chi connectivity index (χ4v) is 4.94. The molecule has 4 nitrogen and oxygen atoms in total. The number of rotatable bonds is 5. The topological polar surface area (TPSA) is 53.6 Å². The van der Waals surface area contributed by atoms with Crippen LogP contribution in [0.15, 0.2) is 61.1 Å². The average Bonchev–Trinajstić information content (AvgIpc) is 3.30. The molecular formula is C23H19ClN4S. The van der Waals surface area contributed by atoms with Crippen LogP contribution in [0, 0.1) is 6.92 Å². The highest BCUT2D eigenvalue weighted by Crippen LogP contribution is 2.40. The number of H-pyrrole nitrogens is 1. The van der Waals surface area contributed by atoms with Gasteiger partial charge >= 0.3 is 0 Å². The van der Waals surface area contributed by atoms with Crippen LogP contribution >= 0.6 is 22.9 Å². The van der Waals surface area contributed by atoms with Gasteiger partial charge in [0, 0.05) is 39.1 Å². The van der Waals surface area contributed by atoms with Gasteiger partial charge in [0.2, 0.25) is 0 Å². The standard InChI is InChI=1S/C23H19ClN4S/c1-14-20(15-6-8-17(24)9-7-15)21-22(27-13-28-23(21)29-14)25-11-10-16-12-26-19-5-3-2-4-18(16)19/h2-9,12-13,26H,10-11H2,1H3,(H,25,27,28). The Kier molecular flexibility index (Phi) is 4.70. The van der Waals surface area contributed by atoms with Gasteiger partial charge < -0.3 is 10.3 Å². The van der Waals surface area contributed by atoms with Crippen molar-refractivity contribution in [2.24, 2.45) is 0 Å². The third-order valence-corrected chi connectivity index (χ3v) is 6.42. The normalized spacial score (nSPS) is 11.4. The maximum Gasteiger partial charge on any atom is 0.138 e. The second kappa shape index (κ2) is 7.50. The van der Waals surface area contributed by atoms with Crippen molar-refractivity contribution in [3.05, 3.63) is 76.5 Å². The molecule has 0 saturated heterocycles. The van der Waals surface area contributed by atoms with Crippen LogP contribution in [0.3, 0.4) is 0 Å². The fourth-order valence-electron chi connectivity index (χ4n) is 3.80. The molecule has 144 valence electrons. The first-order chi connectivity index (χ1) is 14.2. The van der Waals surface area contributed by atoms with E-state index in [9.17, 15) is 0 Å². The molecule has 0 bridgehead atoms. The molecule has 0 aliphatic carbocycles. The van der Waals surface area contributed by atoms with Crippen LogP contribution in [0.1, 0.15) is 10.4 Å². The Labute approximate surface area is 177 Å². The van der Waals surface area contributed by atoms with E-state index in [0.717, 1.165) is 39.6 Å². The molecular weight excluding hydrogens is 400 g/mol. The van der Waals surface area contributed by atoms with Crippen molar-refractivity contribution < 1.29 is 0 Å². The zero-order chi connectivity index (χ0) is 19.8. The van der Waals surface area contributed by atoms with Crippen molar-refractivity contribution >= 4 is 49.9 Å². The quantitative estimate of drug-likeness (QED) is 0.344. The Morgan fingerprint density at radius 1 is 1.07 bits per heavy atom. The van der Waals surface area contributed by atoms with Gasteiger partial charge in [0.05, 0.1) is 5.39 Å². The average molecular weight is 419 g/mol. The van der Waals surface area contributed by atoms with Gasteiger partial charge in [0.25, 0.3) is 0 Å². The predicted molar refractivity (Wildman–Crippen MR) is 123 cm³/mol. The Balaban J connectivity index is 1.46. The van der Waals surface area contributed by atoms with Crippen LogP contribution in [0.5, 0.6) is 0 Å². The summed E-state index contributed by atoms with van der Waals surface area (Å²) in [6, 6.07) is 16.3.